The smallest absolute Gasteiger partial charge is 0.295 e. The van der Waals surface area contributed by atoms with Crippen LogP contribution in [0.3, 0.4) is 0 Å². The molecule has 0 aromatic heterocycles. The number of benzene rings is 2. The lowest BCUT2D eigenvalue weighted by Crippen LogP contribution is -2.31. The zero-order chi connectivity index (χ0) is 19.4. The number of oxime groups is 1. The van der Waals surface area contributed by atoms with Crippen LogP contribution >= 0.6 is 23.2 Å². The zero-order valence-corrected chi connectivity index (χ0v) is 16.2. The molecule has 1 unspecified atom stereocenters. The van der Waals surface area contributed by atoms with E-state index in [-0.39, 0.29) is 6.61 Å². The van der Waals surface area contributed by atoms with E-state index < -0.39 is 6.35 Å². The Kier molecular flexibility index (Phi) is 6.15. The van der Waals surface area contributed by atoms with Crippen molar-refractivity contribution in [2.75, 3.05) is 12.4 Å². The van der Waals surface area contributed by atoms with Crippen LogP contribution in [-0.2, 0) is 17.9 Å². The molecule has 0 saturated carbocycles. The first kappa shape index (κ1) is 19.4. The van der Waals surface area contributed by atoms with Crippen LogP contribution in [0.4, 0.5) is 5.69 Å². The molecule has 2 aromatic carbocycles. The van der Waals surface area contributed by atoms with Crippen LogP contribution in [0.15, 0.2) is 46.8 Å². The second kappa shape index (κ2) is 8.56. The minimum absolute atomic E-state index is 0.137. The van der Waals surface area contributed by atoms with E-state index >= 15 is 0 Å². The fourth-order valence-corrected chi connectivity index (χ4v) is 3.37. The summed E-state index contributed by atoms with van der Waals surface area (Å²) < 4.78 is 1.17. The van der Waals surface area contributed by atoms with E-state index in [0.29, 0.717) is 16.3 Å². The van der Waals surface area contributed by atoms with Crippen LogP contribution in [0.25, 0.3) is 0 Å². The Morgan fingerprint density at radius 1 is 1.22 bits per heavy atom. The Morgan fingerprint density at radius 3 is 2.74 bits per heavy atom. The lowest BCUT2D eigenvalue weighted by Gasteiger charge is -2.15. The molecule has 1 aliphatic carbocycles. The standard InChI is InChI=1S/C18H19Cl2N5O2/c1-25(24-21)18(26)22-16-7-3-6-15(20)13(16)10-27-23-17-9-8-11-12(17)4-2-5-14(11)19/h2-7,18,21-22,26H,8-10H2,1H3/p+1/b23-17+. The Morgan fingerprint density at radius 2 is 1.96 bits per heavy atom. The number of aliphatic hydroxyl groups excluding tert-OH is 1. The lowest BCUT2D eigenvalue weighted by atomic mass is 10.1. The summed E-state index contributed by atoms with van der Waals surface area (Å²) in [4.78, 5) is 5.57. The van der Waals surface area contributed by atoms with E-state index in [0.717, 1.165) is 34.7 Å². The van der Waals surface area contributed by atoms with Gasteiger partial charge < -0.3 is 15.3 Å². The van der Waals surface area contributed by atoms with E-state index in [1.807, 2.05) is 18.2 Å². The molecule has 0 bridgehead atoms. The minimum atomic E-state index is -1.11. The molecular formula is C18H20Cl2N5O2+. The molecule has 0 amide bonds. The van der Waals surface area contributed by atoms with Gasteiger partial charge in [0, 0.05) is 26.9 Å². The maximum absolute atomic E-state index is 10.0. The average molecular weight is 409 g/mol. The number of fused-ring (bicyclic) bond motifs is 1. The predicted molar refractivity (Wildman–Crippen MR) is 105 cm³/mol. The second-order valence-corrected chi connectivity index (χ2v) is 6.86. The molecule has 7 nitrogen and oxygen atoms in total. The molecule has 4 N–H and O–H groups in total. The Bertz CT molecular complexity index is 901. The predicted octanol–water partition coefficient (Wildman–Crippen LogP) is 3.52. The number of nitrogens with two attached hydrogens (primary N) is 1. The quantitative estimate of drug-likeness (QED) is 0.224. The summed E-state index contributed by atoms with van der Waals surface area (Å²) in [6.45, 7) is 0.137. The maximum atomic E-state index is 10.0. The van der Waals surface area contributed by atoms with Gasteiger partial charge in [0.2, 0.25) is 0 Å². The van der Waals surface area contributed by atoms with Gasteiger partial charge in [-0.25, -0.2) is 0 Å². The van der Waals surface area contributed by atoms with Crippen molar-refractivity contribution in [2.24, 2.45) is 16.2 Å². The molecule has 0 spiro atoms. The van der Waals surface area contributed by atoms with Crippen LogP contribution in [0.2, 0.25) is 10.0 Å². The summed E-state index contributed by atoms with van der Waals surface area (Å²) in [7, 11) is 1.53. The molecule has 1 aliphatic rings. The highest BCUT2D eigenvalue weighted by Gasteiger charge is 2.21. The van der Waals surface area contributed by atoms with Gasteiger partial charge in [0.25, 0.3) is 6.35 Å². The summed E-state index contributed by atoms with van der Waals surface area (Å²) in [5.41, 5.74) is 4.23. The van der Waals surface area contributed by atoms with Gasteiger partial charge in [-0.05, 0) is 36.6 Å². The molecule has 27 heavy (non-hydrogen) atoms. The third-order valence-electron chi connectivity index (χ3n) is 4.36. The van der Waals surface area contributed by atoms with Gasteiger partial charge in [0.05, 0.1) is 10.9 Å². The van der Waals surface area contributed by atoms with Crippen LogP contribution in [0, 0.1) is 0 Å². The molecule has 0 saturated heterocycles. The van der Waals surface area contributed by atoms with Crippen molar-refractivity contribution >= 4 is 34.6 Å². The summed E-state index contributed by atoms with van der Waals surface area (Å²) in [5, 5.41) is 21.8. The molecule has 0 fully saturated rings. The van der Waals surface area contributed by atoms with Crippen LogP contribution < -0.4 is 11.2 Å². The highest BCUT2D eigenvalue weighted by Crippen LogP contribution is 2.30. The van der Waals surface area contributed by atoms with E-state index in [9.17, 15) is 5.11 Å². The monoisotopic (exact) mass is 408 g/mol. The molecule has 9 heteroatoms. The molecule has 1 atom stereocenters. The number of nitrogens with zero attached hydrogens (tertiary/aromatic N) is 3. The highest BCUT2D eigenvalue weighted by atomic mass is 35.5. The normalized spacial score (nSPS) is 16.3. The molecule has 0 heterocycles. The number of halogens is 2. The molecular weight excluding hydrogens is 389 g/mol. The van der Waals surface area contributed by atoms with Gasteiger partial charge in [-0.1, -0.05) is 46.6 Å². The van der Waals surface area contributed by atoms with Crippen molar-refractivity contribution in [1.29, 1.82) is 0 Å². The number of anilines is 1. The van der Waals surface area contributed by atoms with Crippen LogP contribution in [0.5, 0.6) is 0 Å². The fourth-order valence-electron chi connectivity index (χ4n) is 2.87. The van der Waals surface area contributed by atoms with Gasteiger partial charge in [-0.2, -0.15) is 5.84 Å². The summed E-state index contributed by atoms with van der Waals surface area (Å²) in [6, 6.07) is 11.0. The Hall–Kier alpha value is -2.35. The first-order chi connectivity index (χ1) is 13.0. The van der Waals surface area contributed by atoms with Crippen LogP contribution in [-0.4, -0.2) is 28.9 Å². The number of nitrogens with one attached hydrogen (secondary N) is 1. The van der Waals surface area contributed by atoms with Gasteiger partial charge >= 0.3 is 0 Å². The topological polar surface area (TPSA) is 95.2 Å². The summed E-state index contributed by atoms with van der Waals surface area (Å²) in [6.07, 6.45) is 0.508. The van der Waals surface area contributed by atoms with Gasteiger partial charge in [-0.3, -0.25) is 0 Å². The van der Waals surface area contributed by atoms with Crippen molar-refractivity contribution in [1.82, 2.24) is 0 Å². The van der Waals surface area contributed by atoms with Gasteiger partial charge in [0.15, 0.2) is 0 Å². The van der Waals surface area contributed by atoms with Gasteiger partial charge in [-0.15, -0.1) is 4.70 Å². The lowest BCUT2D eigenvalue weighted by molar-refractivity contribution is -0.636. The van der Waals surface area contributed by atoms with Crippen molar-refractivity contribution < 1.29 is 14.6 Å². The number of rotatable bonds is 6. The number of hydrogen-bond acceptors (Lipinski definition) is 5. The molecule has 142 valence electrons. The van der Waals surface area contributed by atoms with E-state index in [1.54, 1.807) is 18.2 Å². The van der Waals surface area contributed by atoms with Crippen molar-refractivity contribution in [2.45, 2.75) is 25.8 Å². The highest BCUT2D eigenvalue weighted by molar-refractivity contribution is 6.32. The number of aliphatic hydroxyl groups is 1. The maximum Gasteiger partial charge on any atom is 0.295 e. The van der Waals surface area contributed by atoms with E-state index in [1.165, 1.54) is 11.7 Å². The molecule has 3 rings (SSSR count). The van der Waals surface area contributed by atoms with Crippen molar-refractivity contribution in [3.05, 3.63) is 63.1 Å². The fraction of sp³-hybridized carbons (Fsp3) is 0.278. The molecule has 0 radical (unpaired) electrons. The first-order valence-electron chi connectivity index (χ1n) is 8.33. The van der Waals surface area contributed by atoms with E-state index in [4.69, 9.17) is 33.9 Å². The van der Waals surface area contributed by atoms with Crippen molar-refractivity contribution in [3.63, 3.8) is 0 Å². The molecule has 0 aliphatic heterocycles. The Balaban J connectivity index is 1.75. The van der Waals surface area contributed by atoms with E-state index in [2.05, 4.69) is 15.7 Å². The SMILES string of the molecule is C[N+](=NN)C(O)Nc1cccc(Cl)c1CO/N=C1\CCc2c(Cl)cccc21. The number of hydrogen-bond donors (Lipinski definition) is 3. The third kappa shape index (κ3) is 4.32. The second-order valence-electron chi connectivity index (χ2n) is 6.05. The summed E-state index contributed by atoms with van der Waals surface area (Å²) in [5.74, 6) is 5.17. The zero-order valence-electron chi connectivity index (χ0n) is 14.7. The average Bonchev–Trinajstić information content (AvgIpc) is 3.07. The third-order valence-corrected chi connectivity index (χ3v) is 5.07. The van der Waals surface area contributed by atoms with Crippen molar-refractivity contribution in [3.8, 4) is 0 Å². The largest absolute Gasteiger partial charge is 0.391 e. The Labute approximate surface area is 167 Å². The van der Waals surface area contributed by atoms with Gasteiger partial charge in [0.1, 0.15) is 13.7 Å². The minimum Gasteiger partial charge on any atom is -0.391 e. The first-order valence-corrected chi connectivity index (χ1v) is 9.09. The van der Waals surface area contributed by atoms with Crippen LogP contribution in [0.1, 0.15) is 23.1 Å². The molecule has 2 aromatic rings. The summed E-state index contributed by atoms with van der Waals surface area (Å²) >= 11 is 12.5.